The second-order valence-electron chi connectivity index (χ2n) is 7.80. The lowest BCUT2D eigenvalue weighted by molar-refractivity contribution is -0.121. The minimum atomic E-state index is 0.00488. The van der Waals surface area contributed by atoms with E-state index in [9.17, 15) is 9.59 Å². The first-order valence-corrected chi connectivity index (χ1v) is 10.6. The number of amides is 1. The number of aryl methyl sites for hydroxylation is 1. The Hall–Kier alpha value is -3.34. The Balaban J connectivity index is 1.67. The number of rotatable bonds is 9. The molecule has 1 aromatic heterocycles. The van der Waals surface area contributed by atoms with Crippen LogP contribution in [-0.4, -0.2) is 29.9 Å². The molecule has 5 nitrogen and oxygen atoms in total. The van der Waals surface area contributed by atoms with Crippen molar-refractivity contribution in [2.45, 2.75) is 40.2 Å². The summed E-state index contributed by atoms with van der Waals surface area (Å²) < 4.78 is 7.30. The number of ether oxygens (including phenoxy) is 1. The fourth-order valence-electron chi connectivity index (χ4n) is 3.69. The molecule has 1 heterocycles. The molecular formula is C26H30N2O3. The van der Waals surface area contributed by atoms with Crippen LogP contribution < -0.4 is 10.1 Å². The number of methoxy groups -OCH3 is 1. The van der Waals surface area contributed by atoms with E-state index in [-0.39, 0.29) is 11.7 Å². The van der Waals surface area contributed by atoms with Crippen LogP contribution in [0.15, 0.2) is 54.6 Å². The van der Waals surface area contributed by atoms with Gasteiger partial charge in [-0.15, -0.1) is 0 Å². The second kappa shape index (κ2) is 10.1. The zero-order valence-corrected chi connectivity index (χ0v) is 18.7. The van der Waals surface area contributed by atoms with Crippen molar-refractivity contribution < 1.29 is 14.3 Å². The number of carbonyl (C=O) groups excluding carboxylic acids is 2. The lowest BCUT2D eigenvalue weighted by Gasteiger charge is -2.13. The molecule has 0 radical (unpaired) electrons. The number of Topliss-reactive ketones (excluding diaryl/α,β-unsaturated/α-hetero) is 1. The average molecular weight is 419 g/mol. The largest absolute Gasteiger partial charge is 0.497 e. The van der Waals surface area contributed by atoms with Crippen molar-refractivity contribution in [1.29, 1.82) is 0 Å². The van der Waals surface area contributed by atoms with Crippen LogP contribution in [0.2, 0.25) is 0 Å². The van der Waals surface area contributed by atoms with Gasteiger partial charge in [0.25, 0.3) is 0 Å². The number of aromatic nitrogens is 1. The highest BCUT2D eigenvalue weighted by molar-refractivity contribution is 5.96. The number of hydrogen-bond acceptors (Lipinski definition) is 3. The number of hydrogen-bond donors (Lipinski definition) is 1. The topological polar surface area (TPSA) is 60.3 Å². The van der Waals surface area contributed by atoms with E-state index in [1.807, 2.05) is 37.3 Å². The Morgan fingerprint density at radius 2 is 1.68 bits per heavy atom. The highest BCUT2D eigenvalue weighted by Gasteiger charge is 2.17. The molecule has 0 saturated carbocycles. The number of nitrogens with one attached hydrogen (secondary N) is 1. The summed E-state index contributed by atoms with van der Waals surface area (Å²) in [6.07, 6.45) is 1.16. The van der Waals surface area contributed by atoms with Crippen molar-refractivity contribution in [3.05, 3.63) is 77.0 Å². The van der Waals surface area contributed by atoms with Gasteiger partial charge in [0.2, 0.25) is 5.91 Å². The summed E-state index contributed by atoms with van der Waals surface area (Å²) >= 11 is 0. The first-order valence-electron chi connectivity index (χ1n) is 10.6. The maximum atomic E-state index is 12.4. The van der Waals surface area contributed by atoms with Crippen LogP contribution in [0, 0.1) is 13.8 Å². The molecule has 1 amide bonds. The van der Waals surface area contributed by atoms with Crippen molar-refractivity contribution in [2.24, 2.45) is 0 Å². The molecule has 0 aliphatic carbocycles. The quantitative estimate of drug-likeness (QED) is 0.511. The van der Waals surface area contributed by atoms with E-state index < -0.39 is 0 Å². The van der Waals surface area contributed by atoms with Crippen molar-refractivity contribution in [2.75, 3.05) is 13.7 Å². The molecule has 0 atom stereocenters. The van der Waals surface area contributed by atoms with Crippen molar-refractivity contribution in [3.8, 4) is 17.0 Å². The van der Waals surface area contributed by atoms with Gasteiger partial charge in [-0.3, -0.25) is 9.59 Å². The number of carbonyl (C=O) groups is 2. The van der Waals surface area contributed by atoms with E-state index >= 15 is 0 Å². The van der Waals surface area contributed by atoms with Crippen LogP contribution in [0.4, 0.5) is 0 Å². The van der Waals surface area contributed by atoms with Crippen molar-refractivity contribution in [3.63, 3.8) is 0 Å². The van der Waals surface area contributed by atoms with Crippen molar-refractivity contribution >= 4 is 11.7 Å². The van der Waals surface area contributed by atoms with Gasteiger partial charge < -0.3 is 14.6 Å². The van der Waals surface area contributed by atoms with E-state index in [1.54, 1.807) is 14.0 Å². The summed E-state index contributed by atoms with van der Waals surface area (Å²) in [7, 11) is 1.63. The normalized spacial score (nSPS) is 10.7. The van der Waals surface area contributed by atoms with Crippen LogP contribution in [0.25, 0.3) is 11.3 Å². The Kier molecular flexibility index (Phi) is 7.29. The Bertz CT molecular complexity index is 1050. The Labute approximate surface area is 184 Å². The third kappa shape index (κ3) is 5.63. The van der Waals surface area contributed by atoms with Gasteiger partial charge in [-0.05, 0) is 68.7 Å². The molecule has 5 heteroatoms. The monoisotopic (exact) mass is 418 g/mol. The van der Waals surface area contributed by atoms with Gasteiger partial charge >= 0.3 is 0 Å². The lowest BCUT2D eigenvalue weighted by atomic mass is 10.1. The molecule has 0 aliphatic heterocycles. The fourth-order valence-corrected chi connectivity index (χ4v) is 3.69. The summed E-state index contributed by atoms with van der Waals surface area (Å²) in [6.45, 7) is 6.68. The molecule has 2 aromatic carbocycles. The molecule has 31 heavy (non-hydrogen) atoms. The first kappa shape index (κ1) is 22.3. The highest BCUT2D eigenvalue weighted by Crippen LogP contribution is 2.28. The maximum absolute atomic E-state index is 12.4. The van der Waals surface area contributed by atoms with Crippen LogP contribution in [0.3, 0.4) is 0 Å². The maximum Gasteiger partial charge on any atom is 0.221 e. The summed E-state index contributed by atoms with van der Waals surface area (Å²) in [5.41, 5.74) is 5.91. The van der Waals surface area contributed by atoms with Crippen molar-refractivity contribution in [1.82, 2.24) is 9.88 Å². The minimum absolute atomic E-state index is 0.00488. The molecule has 0 fully saturated rings. The Morgan fingerprint density at radius 3 is 2.29 bits per heavy atom. The summed E-state index contributed by atoms with van der Waals surface area (Å²) in [5, 5.41) is 3.00. The number of nitrogens with zero attached hydrogens (tertiary/aromatic N) is 1. The van der Waals surface area contributed by atoms with E-state index in [0.717, 1.165) is 29.1 Å². The minimum Gasteiger partial charge on any atom is -0.497 e. The van der Waals surface area contributed by atoms with Gasteiger partial charge in [0.15, 0.2) is 5.78 Å². The van der Waals surface area contributed by atoms with Gasteiger partial charge in [-0.1, -0.05) is 29.8 Å². The molecule has 0 aliphatic rings. The van der Waals surface area contributed by atoms with Gasteiger partial charge in [0.1, 0.15) is 5.75 Å². The molecule has 0 bridgehead atoms. The van der Waals surface area contributed by atoms with E-state index in [4.69, 9.17) is 4.74 Å². The van der Waals surface area contributed by atoms with Crippen LogP contribution in [-0.2, 0) is 17.8 Å². The third-order valence-electron chi connectivity index (χ3n) is 5.55. The highest BCUT2D eigenvalue weighted by atomic mass is 16.5. The summed E-state index contributed by atoms with van der Waals surface area (Å²) in [4.78, 5) is 24.5. The average Bonchev–Trinajstić information content (AvgIpc) is 3.10. The van der Waals surface area contributed by atoms with E-state index in [0.29, 0.717) is 25.1 Å². The van der Waals surface area contributed by atoms with E-state index in [2.05, 4.69) is 41.1 Å². The third-order valence-corrected chi connectivity index (χ3v) is 5.55. The summed E-state index contributed by atoms with van der Waals surface area (Å²) in [5.74, 6) is 0.803. The molecule has 0 spiro atoms. The van der Waals surface area contributed by atoms with Crippen LogP contribution >= 0.6 is 0 Å². The predicted molar refractivity (Wildman–Crippen MR) is 124 cm³/mol. The standard InChI is InChI=1S/C26H30N2O3/c1-18-5-7-21(8-6-18)13-15-27-26(30)14-16-28-19(2)24(20(3)29)17-25(28)22-9-11-23(31-4)12-10-22/h5-12,17H,13-16H2,1-4H3,(H,27,30). The van der Waals surface area contributed by atoms with Crippen LogP contribution in [0.5, 0.6) is 5.75 Å². The van der Waals surface area contributed by atoms with Gasteiger partial charge in [0, 0.05) is 36.5 Å². The smallest absolute Gasteiger partial charge is 0.221 e. The number of benzene rings is 2. The molecular weight excluding hydrogens is 388 g/mol. The fraction of sp³-hybridized carbons (Fsp3) is 0.308. The number of ketones is 1. The van der Waals surface area contributed by atoms with E-state index in [1.165, 1.54) is 11.1 Å². The van der Waals surface area contributed by atoms with Crippen LogP contribution in [0.1, 0.15) is 40.5 Å². The molecule has 162 valence electrons. The second-order valence-corrected chi connectivity index (χ2v) is 7.80. The zero-order valence-electron chi connectivity index (χ0n) is 18.7. The molecule has 3 aromatic rings. The zero-order chi connectivity index (χ0) is 22.4. The predicted octanol–water partition coefficient (Wildman–Crippen LogP) is 4.73. The SMILES string of the molecule is COc1ccc(-c2cc(C(C)=O)c(C)n2CCC(=O)NCCc2ccc(C)cc2)cc1. The lowest BCUT2D eigenvalue weighted by Crippen LogP contribution is -2.26. The molecule has 1 N–H and O–H groups in total. The van der Waals surface area contributed by atoms with Gasteiger partial charge in [0.05, 0.1) is 7.11 Å². The molecule has 0 saturated heterocycles. The summed E-state index contributed by atoms with van der Waals surface area (Å²) in [6, 6.07) is 18.0. The first-order chi connectivity index (χ1) is 14.9. The van der Waals surface area contributed by atoms with Gasteiger partial charge in [-0.2, -0.15) is 0 Å². The van der Waals surface area contributed by atoms with Gasteiger partial charge in [-0.25, -0.2) is 0 Å². The molecule has 3 rings (SSSR count). The Morgan fingerprint density at radius 1 is 1.00 bits per heavy atom. The molecule has 0 unspecified atom stereocenters.